The Balaban J connectivity index is 1.48. The fourth-order valence-corrected chi connectivity index (χ4v) is 4.96. The van der Waals surface area contributed by atoms with Crippen LogP contribution in [0.15, 0.2) is 35.7 Å². The average molecular weight is 427 g/mol. The number of amides is 2. The Morgan fingerprint density at radius 2 is 1.97 bits per heavy atom. The number of rotatable bonds is 8. The minimum Gasteiger partial charge on any atom is -0.491 e. The number of nitrogens with zero attached hydrogens (tertiary/aromatic N) is 2. The van der Waals surface area contributed by atoms with Crippen LogP contribution in [0.1, 0.15) is 48.2 Å². The molecule has 0 spiro atoms. The number of carbonyl (C=O) groups is 2. The molecule has 30 heavy (non-hydrogen) atoms. The molecule has 2 amide bonds. The molecule has 5 nitrogen and oxygen atoms in total. The summed E-state index contributed by atoms with van der Waals surface area (Å²) in [5.74, 6) is 1.47. The highest BCUT2D eigenvalue weighted by molar-refractivity contribution is 7.10. The maximum atomic E-state index is 13.3. The molecule has 1 atom stereocenters. The molecular formula is C24H30N2O3S. The summed E-state index contributed by atoms with van der Waals surface area (Å²) in [5, 5.41) is 2.09. The van der Waals surface area contributed by atoms with E-state index in [4.69, 9.17) is 4.74 Å². The molecule has 0 saturated heterocycles. The summed E-state index contributed by atoms with van der Waals surface area (Å²) in [4.78, 5) is 30.7. The van der Waals surface area contributed by atoms with Gasteiger partial charge in [0.25, 0.3) is 0 Å². The summed E-state index contributed by atoms with van der Waals surface area (Å²) in [7, 11) is 0. The smallest absolute Gasteiger partial charge is 0.242 e. The molecule has 4 rings (SSSR count). The van der Waals surface area contributed by atoms with Crippen molar-refractivity contribution in [1.29, 1.82) is 0 Å². The van der Waals surface area contributed by atoms with Crippen molar-refractivity contribution in [3.05, 3.63) is 51.7 Å². The van der Waals surface area contributed by atoms with E-state index in [1.54, 1.807) is 16.2 Å². The largest absolute Gasteiger partial charge is 0.491 e. The van der Waals surface area contributed by atoms with E-state index in [0.717, 1.165) is 25.0 Å². The van der Waals surface area contributed by atoms with Crippen molar-refractivity contribution in [2.24, 2.45) is 5.92 Å². The summed E-state index contributed by atoms with van der Waals surface area (Å²) in [6.07, 6.45) is 3.63. The van der Waals surface area contributed by atoms with E-state index < -0.39 is 0 Å². The zero-order chi connectivity index (χ0) is 21.1. The van der Waals surface area contributed by atoms with Gasteiger partial charge in [0.1, 0.15) is 12.4 Å². The van der Waals surface area contributed by atoms with E-state index in [-0.39, 0.29) is 24.4 Å². The second-order valence-corrected chi connectivity index (χ2v) is 9.35. The summed E-state index contributed by atoms with van der Waals surface area (Å²) in [6, 6.07) is 9.99. The first-order valence-corrected chi connectivity index (χ1v) is 11.8. The molecule has 1 aliphatic heterocycles. The third kappa shape index (κ3) is 4.86. The van der Waals surface area contributed by atoms with E-state index in [2.05, 4.69) is 11.4 Å². The fraction of sp³-hybridized carbons (Fsp3) is 0.500. The standard InChI is InChI=1S/C24H30N2O3S/c1-3-23(27)25(14-18-6-7-18)15-24(28)26-12-10-22-20(11-13-30-22)21(26)16-29-19-8-4-17(2)5-9-19/h4-5,8-9,11,13,18,21H,3,6-7,10,12,14-16H2,1-2H3. The highest BCUT2D eigenvalue weighted by Crippen LogP contribution is 2.34. The third-order valence-corrected chi connectivity index (χ3v) is 7.00. The zero-order valence-corrected chi connectivity index (χ0v) is 18.6. The van der Waals surface area contributed by atoms with Gasteiger partial charge < -0.3 is 14.5 Å². The van der Waals surface area contributed by atoms with Gasteiger partial charge in [-0.25, -0.2) is 0 Å². The minimum absolute atomic E-state index is 0.0202. The van der Waals surface area contributed by atoms with Gasteiger partial charge in [-0.2, -0.15) is 0 Å². The Hall–Kier alpha value is -2.34. The molecule has 2 heterocycles. The van der Waals surface area contributed by atoms with Crippen molar-refractivity contribution in [3.63, 3.8) is 0 Å². The van der Waals surface area contributed by atoms with E-state index >= 15 is 0 Å². The van der Waals surface area contributed by atoms with Gasteiger partial charge in [-0.05, 0) is 61.2 Å². The van der Waals surface area contributed by atoms with Gasteiger partial charge in [0, 0.05) is 24.4 Å². The van der Waals surface area contributed by atoms with Crippen molar-refractivity contribution < 1.29 is 14.3 Å². The molecule has 2 aromatic rings. The molecule has 1 fully saturated rings. The zero-order valence-electron chi connectivity index (χ0n) is 17.8. The number of thiophene rings is 1. The van der Waals surface area contributed by atoms with Crippen molar-refractivity contribution in [2.45, 2.75) is 45.6 Å². The van der Waals surface area contributed by atoms with E-state index in [1.165, 1.54) is 16.0 Å². The van der Waals surface area contributed by atoms with Crippen LogP contribution in [0.2, 0.25) is 0 Å². The Morgan fingerprint density at radius 1 is 1.20 bits per heavy atom. The van der Waals surface area contributed by atoms with Crippen molar-refractivity contribution >= 4 is 23.2 Å². The Bertz CT molecular complexity index is 888. The van der Waals surface area contributed by atoms with Gasteiger partial charge >= 0.3 is 0 Å². The first kappa shape index (κ1) is 20.9. The van der Waals surface area contributed by atoms with Crippen LogP contribution in [-0.4, -0.2) is 47.9 Å². The van der Waals surface area contributed by atoms with Crippen LogP contribution in [0.3, 0.4) is 0 Å². The Morgan fingerprint density at radius 3 is 2.67 bits per heavy atom. The molecule has 6 heteroatoms. The van der Waals surface area contributed by atoms with Crippen LogP contribution in [0.25, 0.3) is 0 Å². The lowest BCUT2D eigenvalue weighted by Gasteiger charge is -2.37. The number of benzene rings is 1. The van der Waals surface area contributed by atoms with Gasteiger partial charge in [-0.15, -0.1) is 11.3 Å². The molecule has 1 saturated carbocycles. The first-order valence-electron chi connectivity index (χ1n) is 10.9. The number of fused-ring (bicyclic) bond motifs is 1. The molecule has 1 aromatic heterocycles. The predicted octanol–water partition coefficient (Wildman–Crippen LogP) is 4.21. The Kier molecular flexibility index (Phi) is 6.42. The molecule has 1 aliphatic carbocycles. The van der Waals surface area contributed by atoms with Crippen molar-refractivity contribution in [3.8, 4) is 5.75 Å². The lowest BCUT2D eigenvalue weighted by molar-refractivity contribution is -0.142. The van der Waals surface area contributed by atoms with Crippen LogP contribution < -0.4 is 4.74 Å². The molecule has 0 radical (unpaired) electrons. The molecule has 0 N–H and O–H groups in total. The van der Waals surface area contributed by atoms with Crippen LogP contribution in [-0.2, 0) is 16.0 Å². The quantitative estimate of drug-likeness (QED) is 0.635. The van der Waals surface area contributed by atoms with Crippen LogP contribution >= 0.6 is 11.3 Å². The number of carbonyl (C=O) groups excluding carboxylic acids is 2. The number of hydrogen-bond donors (Lipinski definition) is 0. The highest BCUT2D eigenvalue weighted by Gasteiger charge is 2.34. The monoisotopic (exact) mass is 426 g/mol. The maximum absolute atomic E-state index is 13.3. The topological polar surface area (TPSA) is 49.9 Å². The van der Waals surface area contributed by atoms with Gasteiger partial charge in [-0.3, -0.25) is 9.59 Å². The number of ether oxygens (including phenoxy) is 1. The molecule has 1 aromatic carbocycles. The summed E-state index contributed by atoms with van der Waals surface area (Å²) >= 11 is 1.75. The minimum atomic E-state index is -0.117. The average Bonchev–Trinajstić information content (AvgIpc) is 3.44. The van der Waals surface area contributed by atoms with E-state index in [1.807, 2.05) is 43.0 Å². The summed E-state index contributed by atoms with van der Waals surface area (Å²) < 4.78 is 6.09. The second-order valence-electron chi connectivity index (χ2n) is 8.35. The summed E-state index contributed by atoms with van der Waals surface area (Å²) in [6.45, 7) is 5.89. The SMILES string of the molecule is CCC(=O)N(CC(=O)N1CCc2sccc2C1COc1ccc(C)cc1)CC1CC1. The Labute approximate surface area is 182 Å². The first-order chi connectivity index (χ1) is 14.5. The molecule has 2 aliphatic rings. The van der Waals surface area contributed by atoms with Crippen LogP contribution in [0, 0.1) is 12.8 Å². The van der Waals surface area contributed by atoms with E-state index in [0.29, 0.717) is 32.0 Å². The normalized spacial score (nSPS) is 18.1. The van der Waals surface area contributed by atoms with Gasteiger partial charge in [0.05, 0.1) is 12.6 Å². The van der Waals surface area contributed by atoms with E-state index in [9.17, 15) is 9.59 Å². The third-order valence-electron chi connectivity index (χ3n) is 6.00. The summed E-state index contributed by atoms with van der Waals surface area (Å²) in [5.41, 5.74) is 2.37. The lowest BCUT2D eigenvalue weighted by atomic mass is 10.0. The molecule has 1 unspecified atom stereocenters. The molecular weight excluding hydrogens is 396 g/mol. The number of aryl methyl sites for hydroxylation is 1. The van der Waals surface area contributed by atoms with Gasteiger partial charge in [0.15, 0.2) is 0 Å². The maximum Gasteiger partial charge on any atom is 0.242 e. The number of hydrogen-bond acceptors (Lipinski definition) is 4. The van der Waals surface area contributed by atoms with Crippen molar-refractivity contribution in [2.75, 3.05) is 26.2 Å². The predicted molar refractivity (Wildman–Crippen MR) is 119 cm³/mol. The molecule has 0 bridgehead atoms. The highest BCUT2D eigenvalue weighted by atomic mass is 32.1. The van der Waals surface area contributed by atoms with Crippen LogP contribution in [0.4, 0.5) is 0 Å². The van der Waals surface area contributed by atoms with Gasteiger partial charge in [-0.1, -0.05) is 24.6 Å². The van der Waals surface area contributed by atoms with Crippen molar-refractivity contribution in [1.82, 2.24) is 9.80 Å². The fourth-order valence-electron chi connectivity index (χ4n) is 4.03. The van der Waals surface area contributed by atoms with Crippen LogP contribution in [0.5, 0.6) is 5.75 Å². The van der Waals surface area contributed by atoms with Gasteiger partial charge in [0.2, 0.25) is 11.8 Å². The second kappa shape index (κ2) is 9.21. The lowest BCUT2D eigenvalue weighted by Crippen LogP contribution is -2.48. The molecule has 160 valence electrons.